The maximum absolute atomic E-state index is 12.5. The van der Waals surface area contributed by atoms with Crippen LogP contribution in [0.25, 0.3) is 0 Å². The summed E-state index contributed by atoms with van der Waals surface area (Å²) >= 11 is 0. The summed E-state index contributed by atoms with van der Waals surface area (Å²) in [6, 6.07) is 16.2. The largest absolute Gasteiger partial charge is 0.573 e. The van der Waals surface area contributed by atoms with Crippen molar-refractivity contribution < 1.29 is 17.9 Å². The first-order chi connectivity index (χ1) is 10.8. The Hall–Kier alpha value is -1.97. The fourth-order valence-electron chi connectivity index (χ4n) is 2.75. The predicted molar refractivity (Wildman–Crippen MR) is 85.4 cm³/mol. The maximum Gasteiger partial charge on any atom is 0.573 e. The molecule has 2 unspecified atom stereocenters. The Morgan fingerprint density at radius 1 is 0.826 bits per heavy atom. The van der Waals surface area contributed by atoms with E-state index in [4.69, 9.17) is 0 Å². The summed E-state index contributed by atoms with van der Waals surface area (Å²) in [5.74, 6) is 0.519. The van der Waals surface area contributed by atoms with E-state index in [9.17, 15) is 13.2 Å². The number of benzene rings is 2. The third-order valence-corrected chi connectivity index (χ3v) is 4.19. The maximum atomic E-state index is 12.5. The van der Waals surface area contributed by atoms with Gasteiger partial charge in [0.25, 0.3) is 0 Å². The van der Waals surface area contributed by atoms with Gasteiger partial charge in [-0.15, -0.1) is 13.2 Å². The molecule has 0 amide bonds. The van der Waals surface area contributed by atoms with Gasteiger partial charge in [-0.25, -0.2) is 0 Å². The van der Waals surface area contributed by atoms with Crippen molar-refractivity contribution in [2.45, 2.75) is 33.1 Å². The average molecular weight is 322 g/mol. The van der Waals surface area contributed by atoms with E-state index in [-0.39, 0.29) is 17.6 Å². The summed E-state index contributed by atoms with van der Waals surface area (Å²) < 4.78 is 41.5. The smallest absolute Gasteiger partial charge is 0.406 e. The molecule has 4 heteroatoms. The van der Waals surface area contributed by atoms with Crippen LogP contribution in [0.2, 0.25) is 0 Å². The third kappa shape index (κ3) is 4.75. The van der Waals surface area contributed by atoms with Gasteiger partial charge in [-0.1, -0.05) is 63.2 Å². The Morgan fingerprint density at radius 2 is 1.43 bits per heavy atom. The van der Waals surface area contributed by atoms with Crippen LogP contribution in [0, 0.1) is 11.8 Å². The normalized spacial score (nSPS) is 14.6. The van der Waals surface area contributed by atoms with Crippen LogP contribution in [-0.4, -0.2) is 6.36 Å². The van der Waals surface area contributed by atoms with Gasteiger partial charge >= 0.3 is 6.36 Å². The second kappa shape index (κ2) is 7.07. The molecule has 23 heavy (non-hydrogen) atoms. The number of hydrogen-bond donors (Lipinski definition) is 0. The van der Waals surface area contributed by atoms with E-state index in [1.807, 2.05) is 36.4 Å². The lowest BCUT2D eigenvalue weighted by atomic mass is 9.76. The zero-order chi connectivity index (χ0) is 17.0. The van der Waals surface area contributed by atoms with Crippen LogP contribution in [0.1, 0.15) is 37.8 Å². The van der Waals surface area contributed by atoms with Crippen molar-refractivity contribution in [1.82, 2.24) is 0 Å². The van der Waals surface area contributed by atoms with Gasteiger partial charge < -0.3 is 4.74 Å². The standard InChI is InChI=1S/C19H21F3O/c1-13(2)14(3)18(15-8-5-4-6-9-15)16-10-7-11-17(12-16)23-19(20,21)22/h4-14,18H,1-3H3. The molecule has 2 rings (SSSR count). The van der Waals surface area contributed by atoms with Crippen molar-refractivity contribution in [2.24, 2.45) is 11.8 Å². The van der Waals surface area contributed by atoms with Crippen molar-refractivity contribution >= 4 is 0 Å². The Labute approximate surface area is 135 Å². The van der Waals surface area contributed by atoms with Crippen LogP contribution < -0.4 is 4.74 Å². The molecule has 0 aromatic heterocycles. The van der Waals surface area contributed by atoms with Gasteiger partial charge in [0.15, 0.2) is 0 Å². The molecular weight excluding hydrogens is 301 g/mol. The quantitative estimate of drug-likeness (QED) is 0.655. The monoisotopic (exact) mass is 322 g/mol. The zero-order valence-electron chi connectivity index (χ0n) is 13.5. The Bertz CT molecular complexity index is 620. The summed E-state index contributed by atoms with van der Waals surface area (Å²) in [6.45, 7) is 6.37. The molecule has 0 N–H and O–H groups in total. The molecule has 2 aromatic carbocycles. The lowest BCUT2D eigenvalue weighted by Gasteiger charge is -2.28. The van der Waals surface area contributed by atoms with Crippen molar-refractivity contribution in [2.75, 3.05) is 0 Å². The topological polar surface area (TPSA) is 9.23 Å². The number of ether oxygens (including phenoxy) is 1. The van der Waals surface area contributed by atoms with E-state index in [0.29, 0.717) is 5.92 Å². The molecule has 0 spiro atoms. The minimum atomic E-state index is -4.68. The van der Waals surface area contributed by atoms with E-state index in [1.165, 1.54) is 12.1 Å². The second-order valence-corrected chi connectivity index (χ2v) is 6.11. The number of alkyl halides is 3. The van der Waals surface area contributed by atoms with E-state index in [2.05, 4.69) is 25.5 Å². The summed E-state index contributed by atoms with van der Waals surface area (Å²) in [5, 5.41) is 0. The predicted octanol–water partition coefficient (Wildman–Crippen LogP) is 6.01. The first-order valence-electron chi connectivity index (χ1n) is 7.68. The van der Waals surface area contributed by atoms with Crippen molar-refractivity contribution in [1.29, 1.82) is 0 Å². The SMILES string of the molecule is CC(C)C(C)C(c1ccccc1)c1cccc(OC(F)(F)F)c1. The summed E-state index contributed by atoms with van der Waals surface area (Å²) in [6.07, 6.45) is -4.68. The molecule has 0 aliphatic carbocycles. The van der Waals surface area contributed by atoms with Crippen LogP contribution in [0.3, 0.4) is 0 Å². The zero-order valence-corrected chi connectivity index (χ0v) is 13.5. The van der Waals surface area contributed by atoms with E-state index < -0.39 is 6.36 Å². The average Bonchev–Trinajstić information content (AvgIpc) is 2.47. The summed E-state index contributed by atoms with van der Waals surface area (Å²) in [4.78, 5) is 0. The molecule has 0 saturated heterocycles. The highest BCUT2D eigenvalue weighted by atomic mass is 19.4. The van der Waals surface area contributed by atoms with Gasteiger partial charge in [-0.05, 0) is 35.1 Å². The highest BCUT2D eigenvalue weighted by Gasteiger charge is 2.31. The molecule has 0 bridgehead atoms. The van der Waals surface area contributed by atoms with Gasteiger partial charge in [0, 0.05) is 5.92 Å². The minimum Gasteiger partial charge on any atom is -0.406 e. The molecule has 0 fully saturated rings. The van der Waals surface area contributed by atoms with Gasteiger partial charge in [0.1, 0.15) is 5.75 Å². The Balaban J connectivity index is 2.42. The highest BCUT2D eigenvalue weighted by molar-refractivity contribution is 5.38. The summed E-state index contributed by atoms with van der Waals surface area (Å²) in [7, 11) is 0. The van der Waals surface area contributed by atoms with Crippen molar-refractivity contribution in [3.05, 3.63) is 65.7 Å². The Morgan fingerprint density at radius 3 is 2.00 bits per heavy atom. The minimum absolute atomic E-state index is 0.0213. The van der Waals surface area contributed by atoms with E-state index >= 15 is 0 Å². The number of hydrogen-bond acceptors (Lipinski definition) is 1. The van der Waals surface area contributed by atoms with Gasteiger partial charge in [-0.3, -0.25) is 0 Å². The van der Waals surface area contributed by atoms with Crippen molar-refractivity contribution in [3.8, 4) is 5.75 Å². The Kier molecular flexibility index (Phi) is 5.34. The summed E-state index contributed by atoms with van der Waals surface area (Å²) in [5.41, 5.74) is 1.93. The number of rotatable bonds is 5. The molecule has 0 aliphatic heterocycles. The van der Waals surface area contributed by atoms with Gasteiger partial charge in [0.2, 0.25) is 0 Å². The molecule has 2 atom stereocenters. The fourth-order valence-corrected chi connectivity index (χ4v) is 2.75. The first kappa shape index (κ1) is 17.4. The molecule has 0 saturated carbocycles. The molecular formula is C19H21F3O. The third-order valence-electron chi connectivity index (χ3n) is 4.19. The lowest BCUT2D eigenvalue weighted by molar-refractivity contribution is -0.274. The van der Waals surface area contributed by atoms with E-state index in [0.717, 1.165) is 11.1 Å². The second-order valence-electron chi connectivity index (χ2n) is 6.11. The van der Waals surface area contributed by atoms with E-state index in [1.54, 1.807) is 6.07 Å². The van der Waals surface area contributed by atoms with Crippen LogP contribution in [0.5, 0.6) is 5.75 Å². The van der Waals surface area contributed by atoms with Crippen LogP contribution in [0.15, 0.2) is 54.6 Å². The van der Waals surface area contributed by atoms with Crippen LogP contribution in [0.4, 0.5) is 13.2 Å². The van der Waals surface area contributed by atoms with Crippen LogP contribution in [-0.2, 0) is 0 Å². The molecule has 0 radical (unpaired) electrons. The van der Waals surface area contributed by atoms with Crippen molar-refractivity contribution in [3.63, 3.8) is 0 Å². The van der Waals surface area contributed by atoms with Gasteiger partial charge in [-0.2, -0.15) is 0 Å². The molecule has 0 heterocycles. The van der Waals surface area contributed by atoms with Gasteiger partial charge in [0.05, 0.1) is 0 Å². The molecule has 2 aromatic rings. The molecule has 1 nitrogen and oxygen atoms in total. The highest BCUT2D eigenvalue weighted by Crippen LogP contribution is 2.37. The molecule has 124 valence electrons. The molecule has 0 aliphatic rings. The fraction of sp³-hybridized carbons (Fsp3) is 0.368. The van der Waals surface area contributed by atoms with Crippen LogP contribution >= 0.6 is 0 Å². The lowest BCUT2D eigenvalue weighted by Crippen LogP contribution is -2.19. The first-order valence-corrected chi connectivity index (χ1v) is 7.68. The number of halogens is 3.